The van der Waals surface area contributed by atoms with Gasteiger partial charge >= 0.3 is 5.97 Å². The van der Waals surface area contributed by atoms with E-state index in [1.807, 2.05) is 13.0 Å². The highest BCUT2D eigenvalue weighted by molar-refractivity contribution is 6.53. The maximum atomic E-state index is 10.9. The number of halogens is 2. The maximum absolute atomic E-state index is 10.9. The van der Waals surface area contributed by atoms with Gasteiger partial charge in [-0.15, -0.1) is 0 Å². The number of hydrogen-bond acceptors (Lipinski definition) is 2. The van der Waals surface area contributed by atoms with Crippen LogP contribution in [0.1, 0.15) is 5.56 Å². The summed E-state index contributed by atoms with van der Waals surface area (Å²) in [7, 11) is 0. The zero-order valence-electron chi connectivity index (χ0n) is 6.96. The molecule has 0 amide bonds. The Bertz CT molecular complexity index is 310. The number of carbonyl (C=O) groups is 1. The second-order valence-electron chi connectivity index (χ2n) is 2.54. The van der Waals surface area contributed by atoms with Crippen LogP contribution in [-0.2, 0) is 4.79 Å². The fourth-order valence-corrected chi connectivity index (χ4v) is 0.929. The summed E-state index contributed by atoms with van der Waals surface area (Å²) in [4.78, 5) is 9.80. The summed E-state index contributed by atoms with van der Waals surface area (Å²) in [5.41, 5.74) is 1.01. The van der Waals surface area contributed by atoms with Crippen molar-refractivity contribution in [2.75, 3.05) is 0 Å². The molecule has 70 valence electrons. The molecule has 0 aromatic heterocycles. The Hall–Kier alpha value is -0.730. The average Bonchev–Trinajstić information content (AvgIpc) is 2.04. The van der Waals surface area contributed by atoms with Crippen molar-refractivity contribution in [3.05, 3.63) is 29.8 Å². The molecule has 0 spiro atoms. The van der Waals surface area contributed by atoms with Crippen molar-refractivity contribution >= 4 is 29.2 Å². The molecule has 0 fully saturated rings. The molecule has 0 heterocycles. The van der Waals surface area contributed by atoms with Gasteiger partial charge in [0.25, 0.3) is 0 Å². The first-order chi connectivity index (χ1) is 6.09. The van der Waals surface area contributed by atoms with E-state index in [-0.39, 0.29) is 0 Å². The van der Waals surface area contributed by atoms with Crippen molar-refractivity contribution in [2.45, 2.75) is 11.8 Å². The second-order valence-corrected chi connectivity index (χ2v) is 3.63. The number of hydrogen-bond donors (Lipinski definition) is 0. The van der Waals surface area contributed by atoms with Crippen LogP contribution in [0.25, 0.3) is 0 Å². The highest BCUT2D eigenvalue weighted by atomic mass is 35.5. The van der Waals surface area contributed by atoms with E-state index >= 15 is 0 Å². The maximum Gasteiger partial charge on any atom is 0.344 e. The number of aryl methyl sites for hydroxylation is 1. The molecule has 1 rings (SSSR count). The minimum Gasteiger partial charge on any atom is -0.425 e. The lowest BCUT2D eigenvalue weighted by Crippen LogP contribution is -2.15. The van der Waals surface area contributed by atoms with Crippen LogP contribution in [0, 0.1) is 6.92 Å². The van der Waals surface area contributed by atoms with Gasteiger partial charge in [0.15, 0.2) is 0 Å². The lowest BCUT2D eigenvalue weighted by Gasteiger charge is -2.04. The Morgan fingerprint density at radius 1 is 1.46 bits per heavy atom. The van der Waals surface area contributed by atoms with E-state index in [0.29, 0.717) is 5.75 Å². The fourth-order valence-electron chi connectivity index (χ4n) is 0.840. The third-order valence-corrected chi connectivity index (χ3v) is 1.74. The van der Waals surface area contributed by atoms with Crippen molar-refractivity contribution in [1.29, 1.82) is 0 Å². The molecule has 0 radical (unpaired) electrons. The van der Waals surface area contributed by atoms with Crippen LogP contribution in [0.15, 0.2) is 24.3 Å². The molecule has 0 aliphatic carbocycles. The lowest BCUT2D eigenvalue weighted by molar-refractivity contribution is -0.132. The summed E-state index contributed by atoms with van der Waals surface area (Å²) in [6.07, 6.45) is 0. The minimum absolute atomic E-state index is 0.455. The summed E-state index contributed by atoms with van der Waals surface area (Å²) in [5.74, 6) is -0.203. The predicted octanol–water partition coefficient (Wildman–Crippen LogP) is 2.70. The summed E-state index contributed by atoms with van der Waals surface area (Å²) in [6.45, 7) is 1.90. The molecular formula is C9H8Cl2O2. The lowest BCUT2D eigenvalue weighted by atomic mass is 10.2. The number of esters is 1. The summed E-state index contributed by atoms with van der Waals surface area (Å²) < 4.78 is 4.85. The van der Waals surface area contributed by atoms with Crippen molar-refractivity contribution in [1.82, 2.24) is 0 Å². The molecule has 0 bridgehead atoms. The summed E-state index contributed by atoms with van der Waals surface area (Å²) in [5, 5.41) is 0. The molecule has 0 saturated carbocycles. The molecule has 2 nitrogen and oxygen atoms in total. The van der Waals surface area contributed by atoms with Gasteiger partial charge in [0.1, 0.15) is 5.75 Å². The molecule has 13 heavy (non-hydrogen) atoms. The largest absolute Gasteiger partial charge is 0.425 e. The quantitative estimate of drug-likeness (QED) is 0.434. The zero-order chi connectivity index (χ0) is 9.84. The third-order valence-electron chi connectivity index (χ3n) is 1.39. The topological polar surface area (TPSA) is 26.3 Å². The van der Waals surface area contributed by atoms with E-state index in [2.05, 4.69) is 0 Å². The number of carbonyl (C=O) groups excluding carboxylic acids is 1. The van der Waals surface area contributed by atoms with Gasteiger partial charge in [-0.3, -0.25) is 0 Å². The third kappa shape index (κ3) is 3.25. The van der Waals surface area contributed by atoms with Gasteiger partial charge in [-0.1, -0.05) is 35.3 Å². The van der Waals surface area contributed by atoms with E-state index in [4.69, 9.17) is 27.9 Å². The molecule has 1 aromatic carbocycles. The average molecular weight is 219 g/mol. The molecular weight excluding hydrogens is 211 g/mol. The summed E-state index contributed by atoms with van der Waals surface area (Å²) >= 11 is 10.6. The Kier molecular flexibility index (Phi) is 3.58. The Morgan fingerprint density at radius 3 is 2.69 bits per heavy atom. The van der Waals surface area contributed by atoms with Gasteiger partial charge in [-0.2, -0.15) is 0 Å². The molecule has 0 saturated heterocycles. The standard InChI is InChI=1S/C9H8Cl2O2/c1-6-3-2-4-7(5-6)13-9(12)8(10)11/h2-5,8H,1H3. The zero-order valence-corrected chi connectivity index (χ0v) is 8.47. The van der Waals surface area contributed by atoms with Crippen molar-refractivity contribution in [3.63, 3.8) is 0 Å². The van der Waals surface area contributed by atoms with Crippen molar-refractivity contribution < 1.29 is 9.53 Å². The van der Waals surface area contributed by atoms with Gasteiger partial charge < -0.3 is 4.74 Å². The first kappa shape index (κ1) is 10.4. The highest BCUT2D eigenvalue weighted by Crippen LogP contribution is 2.14. The number of alkyl halides is 2. The molecule has 0 atom stereocenters. The SMILES string of the molecule is Cc1cccc(OC(=O)C(Cl)Cl)c1. The van der Waals surface area contributed by atoms with Crippen molar-refractivity contribution in [2.24, 2.45) is 0 Å². The molecule has 0 aliphatic rings. The van der Waals surface area contributed by atoms with Gasteiger partial charge in [0.05, 0.1) is 0 Å². The van der Waals surface area contributed by atoms with Crippen molar-refractivity contribution in [3.8, 4) is 5.75 Å². The smallest absolute Gasteiger partial charge is 0.344 e. The van der Waals surface area contributed by atoms with Gasteiger partial charge in [0, 0.05) is 0 Å². The van der Waals surface area contributed by atoms with Gasteiger partial charge in [0.2, 0.25) is 4.84 Å². The highest BCUT2D eigenvalue weighted by Gasteiger charge is 2.13. The number of rotatable bonds is 2. The van der Waals surface area contributed by atoms with E-state index in [1.165, 1.54) is 0 Å². The first-order valence-corrected chi connectivity index (χ1v) is 4.53. The van der Waals surface area contributed by atoms with E-state index in [9.17, 15) is 4.79 Å². The fraction of sp³-hybridized carbons (Fsp3) is 0.222. The molecule has 4 heteroatoms. The normalized spacial score (nSPS) is 10.2. The Morgan fingerprint density at radius 2 is 2.15 bits per heavy atom. The van der Waals surface area contributed by atoms with Crippen LogP contribution in [0.2, 0.25) is 0 Å². The molecule has 1 aromatic rings. The van der Waals surface area contributed by atoms with Crippen LogP contribution >= 0.6 is 23.2 Å². The van der Waals surface area contributed by atoms with E-state index in [0.717, 1.165) is 5.56 Å². The van der Waals surface area contributed by atoms with Crippen LogP contribution < -0.4 is 4.74 Å². The molecule has 0 unspecified atom stereocenters. The van der Waals surface area contributed by atoms with E-state index < -0.39 is 10.8 Å². The van der Waals surface area contributed by atoms with E-state index in [1.54, 1.807) is 18.2 Å². The monoisotopic (exact) mass is 218 g/mol. The van der Waals surface area contributed by atoms with Crippen LogP contribution in [0.5, 0.6) is 5.75 Å². The van der Waals surface area contributed by atoms with Crippen LogP contribution in [0.3, 0.4) is 0 Å². The summed E-state index contributed by atoms with van der Waals surface area (Å²) in [6, 6.07) is 7.08. The number of benzene rings is 1. The Balaban J connectivity index is 2.69. The second kappa shape index (κ2) is 4.49. The predicted molar refractivity (Wildman–Crippen MR) is 52.3 cm³/mol. The Labute approximate surface area is 86.4 Å². The first-order valence-electron chi connectivity index (χ1n) is 3.66. The van der Waals surface area contributed by atoms with Crippen LogP contribution in [-0.4, -0.2) is 10.8 Å². The molecule has 0 N–H and O–H groups in total. The minimum atomic E-state index is -1.14. The van der Waals surface area contributed by atoms with Crippen LogP contribution in [0.4, 0.5) is 0 Å². The number of ether oxygens (including phenoxy) is 1. The van der Waals surface area contributed by atoms with Gasteiger partial charge in [-0.25, -0.2) is 4.79 Å². The van der Waals surface area contributed by atoms with Gasteiger partial charge in [-0.05, 0) is 24.6 Å². The molecule has 0 aliphatic heterocycles.